The molecule has 3 heterocycles. The van der Waals surface area contributed by atoms with E-state index in [9.17, 15) is 9.18 Å². The lowest BCUT2D eigenvalue weighted by Crippen LogP contribution is -2.53. The van der Waals surface area contributed by atoms with Crippen molar-refractivity contribution >= 4 is 44.2 Å². The SMILES string of the molecule is CC(C)N(N)C(=N)c1cccc(NC(=O)c2cc3sc(N4CCN(C(C)(C)C)CC4)nc3cc2F)n1. The number of nitrogens with one attached hydrogen (secondary N) is 2. The Morgan fingerprint density at radius 1 is 1.19 bits per heavy atom. The summed E-state index contributed by atoms with van der Waals surface area (Å²) in [6.45, 7) is 13.9. The Morgan fingerprint density at radius 3 is 2.53 bits per heavy atom. The highest BCUT2D eigenvalue weighted by Gasteiger charge is 2.27. The van der Waals surface area contributed by atoms with Gasteiger partial charge in [-0.1, -0.05) is 17.4 Å². The molecule has 0 saturated carbocycles. The number of nitrogens with zero attached hydrogens (tertiary/aromatic N) is 5. The minimum atomic E-state index is -0.647. The Hall–Kier alpha value is -3.15. The Kier molecular flexibility index (Phi) is 7.26. The summed E-state index contributed by atoms with van der Waals surface area (Å²) in [5.41, 5.74) is 0.879. The first-order valence-electron chi connectivity index (χ1n) is 12.0. The molecule has 1 aromatic carbocycles. The van der Waals surface area contributed by atoms with Gasteiger partial charge in [0, 0.05) is 43.8 Å². The van der Waals surface area contributed by atoms with Gasteiger partial charge in [-0.3, -0.25) is 20.1 Å². The van der Waals surface area contributed by atoms with Crippen LogP contribution in [-0.2, 0) is 0 Å². The average Bonchev–Trinajstić information content (AvgIpc) is 3.25. The van der Waals surface area contributed by atoms with Gasteiger partial charge < -0.3 is 10.2 Å². The van der Waals surface area contributed by atoms with Crippen molar-refractivity contribution in [1.82, 2.24) is 19.9 Å². The first-order chi connectivity index (χ1) is 16.9. The third-order valence-electron chi connectivity index (χ3n) is 6.26. The van der Waals surface area contributed by atoms with Gasteiger partial charge in [-0.15, -0.1) is 0 Å². The van der Waals surface area contributed by atoms with E-state index in [2.05, 4.69) is 45.9 Å². The van der Waals surface area contributed by atoms with Crippen molar-refractivity contribution in [3.8, 4) is 0 Å². The number of hydrazine groups is 1. The van der Waals surface area contributed by atoms with Gasteiger partial charge in [0.25, 0.3) is 5.91 Å². The Labute approximate surface area is 214 Å². The van der Waals surface area contributed by atoms with Gasteiger partial charge in [0.05, 0.1) is 15.8 Å². The van der Waals surface area contributed by atoms with Crippen LogP contribution in [0.25, 0.3) is 10.2 Å². The summed E-state index contributed by atoms with van der Waals surface area (Å²) in [5, 5.41) is 13.0. The molecule has 1 aliphatic heterocycles. The zero-order valence-corrected chi connectivity index (χ0v) is 22.1. The monoisotopic (exact) mass is 512 g/mol. The van der Waals surface area contributed by atoms with E-state index >= 15 is 0 Å². The molecule has 0 atom stereocenters. The molecule has 0 radical (unpaired) electrons. The second kappa shape index (κ2) is 10.1. The molecule has 0 spiro atoms. The maximum atomic E-state index is 14.9. The molecule has 1 fully saturated rings. The molecule has 1 saturated heterocycles. The summed E-state index contributed by atoms with van der Waals surface area (Å²) >= 11 is 1.46. The predicted molar refractivity (Wildman–Crippen MR) is 143 cm³/mol. The van der Waals surface area contributed by atoms with E-state index in [0.717, 1.165) is 36.0 Å². The van der Waals surface area contributed by atoms with Crippen molar-refractivity contribution in [3.63, 3.8) is 0 Å². The number of amidine groups is 1. The average molecular weight is 513 g/mol. The van der Waals surface area contributed by atoms with Gasteiger partial charge in [0.2, 0.25) is 0 Å². The molecule has 36 heavy (non-hydrogen) atoms. The van der Waals surface area contributed by atoms with Gasteiger partial charge in [-0.25, -0.2) is 20.2 Å². The predicted octanol–water partition coefficient (Wildman–Crippen LogP) is 3.91. The fourth-order valence-electron chi connectivity index (χ4n) is 4.02. The summed E-state index contributed by atoms with van der Waals surface area (Å²) in [5.74, 6) is 4.88. The third-order valence-corrected chi connectivity index (χ3v) is 7.34. The lowest BCUT2D eigenvalue weighted by Gasteiger charge is -2.42. The molecule has 0 bridgehead atoms. The molecule has 2 aromatic heterocycles. The molecule has 3 aromatic rings. The minimum absolute atomic E-state index is 0.0224. The van der Waals surface area contributed by atoms with Crippen LogP contribution in [0.1, 0.15) is 50.7 Å². The van der Waals surface area contributed by atoms with Gasteiger partial charge >= 0.3 is 0 Å². The highest BCUT2D eigenvalue weighted by Crippen LogP contribution is 2.32. The lowest BCUT2D eigenvalue weighted by molar-refractivity contribution is 0.102. The van der Waals surface area contributed by atoms with Gasteiger partial charge in [0.15, 0.2) is 11.0 Å². The molecule has 11 heteroatoms. The van der Waals surface area contributed by atoms with E-state index in [-0.39, 0.29) is 28.8 Å². The number of nitrogens with two attached hydrogens (primary N) is 1. The van der Waals surface area contributed by atoms with Crippen molar-refractivity contribution in [2.45, 2.75) is 46.2 Å². The Balaban J connectivity index is 1.51. The van der Waals surface area contributed by atoms with Crippen molar-refractivity contribution in [2.24, 2.45) is 5.84 Å². The maximum Gasteiger partial charge on any atom is 0.259 e. The van der Waals surface area contributed by atoms with E-state index in [1.165, 1.54) is 22.4 Å². The molecule has 0 unspecified atom stereocenters. The van der Waals surface area contributed by atoms with Crippen LogP contribution in [-0.4, -0.2) is 69.4 Å². The second-order valence-corrected chi connectivity index (χ2v) is 11.2. The first-order valence-corrected chi connectivity index (χ1v) is 12.8. The van der Waals surface area contributed by atoms with Crippen LogP contribution < -0.4 is 16.1 Å². The molecular weight excluding hydrogens is 479 g/mol. The zero-order valence-electron chi connectivity index (χ0n) is 21.3. The number of pyridine rings is 1. The van der Waals surface area contributed by atoms with Crippen LogP contribution in [0.5, 0.6) is 0 Å². The smallest absolute Gasteiger partial charge is 0.259 e. The Morgan fingerprint density at radius 2 is 1.89 bits per heavy atom. The number of carbonyl (C=O) groups is 1. The Bertz CT molecular complexity index is 1280. The quantitative estimate of drug-likeness (QED) is 0.205. The van der Waals surface area contributed by atoms with Crippen molar-refractivity contribution < 1.29 is 9.18 Å². The number of anilines is 2. The fraction of sp³-hybridized carbons (Fsp3) is 0.440. The second-order valence-electron chi connectivity index (χ2n) is 10.2. The molecule has 0 aliphatic carbocycles. The molecule has 4 rings (SSSR count). The number of amides is 1. The van der Waals surface area contributed by atoms with E-state index < -0.39 is 11.7 Å². The molecule has 1 aliphatic rings. The van der Waals surface area contributed by atoms with Crippen LogP contribution in [0.3, 0.4) is 0 Å². The maximum absolute atomic E-state index is 14.9. The van der Waals surface area contributed by atoms with E-state index in [0.29, 0.717) is 11.2 Å². The van der Waals surface area contributed by atoms with Crippen molar-refractivity contribution in [2.75, 3.05) is 36.4 Å². The topological polar surface area (TPSA) is 114 Å². The number of piperazine rings is 1. The molecule has 4 N–H and O–H groups in total. The molecule has 9 nitrogen and oxygen atoms in total. The van der Waals surface area contributed by atoms with E-state index in [1.807, 2.05) is 13.8 Å². The number of thiazole rings is 1. The normalized spacial score (nSPS) is 14.9. The summed E-state index contributed by atoms with van der Waals surface area (Å²) in [6, 6.07) is 7.64. The fourth-order valence-corrected chi connectivity index (χ4v) is 5.06. The standard InChI is InChI=1S/C25H33FN8OS/c1-15(2)34(28)22(27)18-7-6-8-21(29-18)31-23(35)16-13-20-19(14-17(16)26)30-24(36-20)32-9-11-33(12-10-32)25(3,4)5/h6-8,13-15,27H,9-12,28H2,1-5H3,(H,29,31,35). The highest BCUT2D eigenvalue weighted by atomic mass is 32.1. The van der Waals surface area contributed by atoms with Crippen molar-refractivity contribution in [3.05, 3.63) is 47.4 Å². The van der Waals surface area contributed by atoms with Crippen LogP contribution in [0, 0.1) is 11.2 Å². The summed E-state index contributed by atoms with van der Waals surface area (Å²) in [6.07, 6.45) is 0. The molecule has 1 amide bonds. The number of hydrogen-bond acceptors (Lipinski definition) is 8. The van der Waals surface area contributed by atoms with Crippen LogP contribution in [0.4, 0.5) is 15.3 Å². The summed E-state index contributed by atoms with van der Waals surface area (Å²) in [7, 11) is 0. The molecule has 192 valence electrons. The van der Waals surface area contributed by atoms with E-state index in [4.69, 9.17) is 11.3 Å². The number of halogens is 1. The molecular formula is C25H33FN8OS. The van der Waals surface area contributed by atoms with Crippen molar-refractivity contribution in [1.29, 1.82) is 5.41 Å². The number of benzene rings is 1. The van der Waals surface area contributed by atoms with Crippen LogP contribution >= 0.6 is 11.3 Å². The first kappa shape index (κ1) is 25.9. The van der Waals surface area contributed by atoms with Crippen LogP contribution in [0.2, 0.25) is 0 Å². The van der Waals surface area contributed by atoms with Gasteiger partial charge in [-0.05, 0) is 52.8 Å². The number of aromatic nitrogens is 2. The summed E-state index contributed by atoms with van der Waals surface area (Å²) in [4.78, 5) is 26.5. The minimum Gasteiger partial charge on any atom is -0.345 e. The van der Waals surface area contributed by atoms with Crippen LogP contribution in [0.15, 0.2) is 30.3 Å². The van der Waals surface area contributed by atoms with Gasteiger partial charge in [0.1, 0.15) is 17.3 Å². The number of fused-ring (bicyclic) bond motifs is 1. The largest absolute Gasteiger partial charge is 0.345 e. The number of carbonyl (C=O) groups excluding carboxylic acids is 1. The van der Waals surface area contributed by atoms with Gasteiger partial charge in [-0.2, -0.15) is 0 Å². The lowest BCUT2D eigenvalue weighted by atomic mass is 10.1. The third kappa shape index (κ3) is 5.48. The number of hydrogen-bond donors (Lipinski definition) is 3. The number of rotatable bonds is 5. The summed E-state index contributed by atoms with van der Waals surface area (Å²) < 4.78 is 15.7. The van der Waals surface area contributed by atoms with E-state index in [1.54, 1.807) is 24.3 Å². The highest BCUT2D eigenvalue weighted by molar-refractivity contribution is 7.22. The zero-order chi connectivity index (χ0) is 26.2.